The van der Waals surface area contributed by atoms with E-state index >= 15 is 0 Å². The summed E-state index contributed by atoms with van der Waals surface area (Å²) in [7, 11) is 1.53. The van der Waals surface area contributed by atoms with Crippen molar-refractivity contribution in [3.05, 3.63) is 24.3 Å². The Morgan fingerprint density at radius 2 is 1.78 bits per heavy atom. The number of nitrogens with zero attached hydrogens (tertiary/aromatic N) is 1. The molecule has 1 rings (SSSR count). The third-order valence-corrected chi connectivity index (χ3v) is 3.90. The molecule has 0 aliphatic heterocycles. The highest BCUT2D eigenvalue weighted by Gasteiger charge is 2.17. The number of anilines is 1. The van der Waals surface area contributed by atoms with E-state index in [0.717, 1.165) is 12.8 Å². The molecule has 3 N–H and O–H groups in total. The van der Waals surface area contributed by atoms with Crippen LogP contribution in [0, 0.1) is 0 Å². The number of carbonyl (C=O) groups excluding carboxylic acids is 3. The molecule has 150 valence electrons. The Kier molecular flexibility index (Phi) is 9.89. The summed E-state index contributed by atoms with van der Waals surface area (Å²) >= 11 is 0. The van der Waals surface area contributed by atoms with E-state index in [1.807, 2.05) is 26.8 Å². The highest BCUT2D eigenvalue weighted by Crippen LogP contribution is 2.22. The van der Waals surface area contributed by atoms with E-state index in [9.17, 15) is 14.4 Å². The summed E-state index contributed by atoms with van der Waals surface area (Å²) < 4.78 is 5.21. The average Bonchev–Trinajstić information content (AvgIpc) is 2.61. The fourth-order valence-electron chi connectivity index (χ4n) is 2.40. The first-order valence-electron chi connectivity index (χ1n) is 9.15. The van der Waals surface area contributed by atoms with Gasteiger partial charge in [0.25, 0.3) is 0 Å². The van der Waals surface area contributed by atoms with E-state index in [0.29, 0.717) is 18.0 Å². The van der Waals surface area contributed by atoms with E-state index in [1.54, 1.807) is 23.1 Å². The van der Waals surface area contributed by atoms with Crippen molar-refractivity contribution in [2.24, 2.45) is 0 Å². The molecule has 0 aliphatic carbocycles. The first-order chi connectivity index (χ1) is 12.9. The van der Waals surface area contributed by atoms with E-state index in [4.69, 9.17) is 4.74 Å². The van der Waals surface area contributed by atoms with Crippen LogP contribution in [0.3, 0.4) is 0 Å². The monoisotopic (exact) mass is 378 g/mol. The molecule has 1 atom stereocenters. The quantitative estimate of drug-likeness (QED) is 0.578. The number of imide groups is 1. The number of methoxy groups -OCH3 is 1. The molecule has 8 heteroatoms. The van der Waals surface area contributed by atoms with Crippen molar-refractivity contribution in [3.8, 4) is 5.75 Å². The average molecular weight is 378 g/mol. The van der Waals surface area contributed by atoms with Gasteiger partial charge in [-0.05, 0) is 38.4 Å². The van der Waals surface area contributed by atoms with E-state index in [2.05, 4.69) is 16.0 Å². The maximum absolute atomic E-state index is 12.3. The maximum atomic E-state index is 12.3. The molecule has 27 heavy (non-hydrogen) atoms. The van der Waals surface area contributed by atoms with Crippen molar-refractivity contribution in [3.63, 3.8) is 0 Å². The van der Waals surface area contributed by atoms with Crippen LogP contribution >= 0.6 is 0 Å². The predicted octanol–water partition coefficient (Wildman–Crippen LogP) is 1.97. The molecule has 0 bridgehead atoms. The number of carbonyl (C=O) groups is 3. The number of benzene rings is 1. The second-order valence-corrected chi connectivity index (χ2v) is 6.29. The van der Waals surface area contributed by atoms with Crippen molar-refractivity contribution >= 4 is 23.5 Å². The SMILES string of the molecule is CCCN(CC(=O)NC(=O)N[C@@H](C)CC)CC(=O)Nc1ccccc1OC. The van der Waals surface area contributed by atoms with Gasteiger partial charge in [0.15, 0.2) is 0 Å². The number of hydrogen-bond acceptors (Lipinski definition) is 5. The van der Waals surface area contributed by atoms with Gasteiger partial charge in [-0.25, -0.2) is 4.79 Å². The van der Waals surface area contributed by atoms with Gasteiger partial charge < -0.3 is 15.4 Å². The van der Waals surface area contributed by atoms with Crippen LogP contribution in [0.1, 0.15) is 33.6 Å². The fourth-order valence-corrected chi connectivity index (χ4v) is 2.40. The molecule has 0 saturated carbocycles. The summed E-state index contributed by atoms with van der Waals surface area (Å²) in [6, 6.07) is 6.56. The Morgan fingerprint density at radius 3 is 2.41 bits per heavy atom. The van der Waals surface area contributed by atoms with Crippen molar-refractivity contribution < 1.29 is 19.1 Å². The van der Waals surface area contributed by atoms with Crippen molar-refractivity contribution in [1.82, 2.24) is 15.5 Å². The van der Waals surface area contributed by atoms with Gasteiger partial charge in [-0.1, -0.05) is 26.0 Å². The zero-order chi connectivity index (χ0) is 20.2. The third kappa shape index (κ3) is 8.54. The summed E-state index contributed by atoms with van der Waals surface area (Å²) in [6.07, 6.45) is 1.54. The highest BCUT2D eigenvalue weighted by atomic mass is 16.5. The maximum Gasteiger partial charge on any atom is 0.321 e. The largest absolute Gasteiger partial charge is 0.495 e. The van der Waals surface area contributed by atoms with Crippen molar-refractivity contribution in [1.29, 1.82) is 0 Å². The number of nitrogens with one attached hydrogen (secondary N) is 3. The zero-order valence-corrected chi connectivity index (χ0v) is 16.5. The van der Waals surface area contributed by atoms with E-state index in [1.165, 1.54) is 7.11 Å². The second kappa shape index (κ2) is 11.9. The van der Waals surface area contributed by atoms with Crippen LogP contribution < -0.4 is 20.7 Å². The van der Waals surface area contributed by atoms with Crippen molar-refractivity contribution in [2.45, 2.75) is 39.7 Å². The van der Waals surface area contributed by atoms with Gasteiger partial charge >= 0.3 is 6.03 Å². The lowest BCUT2D eigenvalue weighted by molar-refractivity contribution is -0.122. The smallest absolute Gasteiger partial charge is 0.321 e. The molecule has 4 amide bonds. The minimum Gasteiger partial charge on any atom is -0.495 e. The number of rotatable bonds is 10. The number of urea groups is 1. The lowest BCUT2D eigenvalue weighted by atomic mass is 10.3. The second-order valence-electron chi connectivity index (χ2n) is 6.29. The molecule has 0 aromatic heterocycles. The van der Waals surface area contributed by atoms with Crippen LogP contribution in [0.4, 0.5) is 10.5 Å². The summed E-state index contributed by atoms with van der Waals surface area (Å²) in [4.78, 5) is 37.9. The summed E-state index contributed by atoms with van der Waals surface area (Å²) in [5.74, 6) is -0.147. The lowest BCUT2D eigenvalue weighted by Crippen LogP contribution is -2.48. The van der Waals surface area contributed by atoms with Gasteiger partial charge in [0.1, 0.15) is 5.75 Å². The lowest BCUT2D eigenvalue weighted by Gasteiger charge is -2.21. The van der Waals surface area contributed by atoms with Crippen LogP contribution in [0.25, 0.3) is 0 Å². The van der Waals surface area contributed by atoms with Crippen LogP contribution in [-0.2, 0) is 9.59 Å². The first kappa shape index (κ1) is 22.4. The number of hydrogen-bond donors (Lipinski definition) is 3. The highest BCUT2D eigenvalue weighted by molar-refractivity contribution is 5.96. The molecule has 0 saturated heterocycles. The Morgan fingerprint density at radius 1 is 1.11 bits per heavy atom. The Bertz CT molecular complexity index is 636. The van der Waals surface area contributed by atoms with Gasteiger partial charge in [-0.3, -0.25) is 19.8 Å². The van der Waals surface area contributed by atoms with Crippen molar-refractivity contribution in [2.75, 3.05) is 32.1 Å². The van der Waals surface area contributed by atoms with Gasteiger partial charge in [0, 0.05) is 6.04 Å². The van der Waals surface area contributed by atoms with Crippen LogP contribution in [0.5, 0.6) is 5.75 Å². The molecule has 0 heterocycles. The zero-order valence-electron chi connectivity index (χ0n) is 16.5. The van der Waals surface area contributed by atoms with Crippen LogP contribution in [-0.4, -0.2) is 55.5 Å². The summed E-state index contributed by atoms with van der Waals surface area (Å²) in [6.45, 7) is 6.30. The molecule has 0 spiro atoms. The van der Waals surface area contributed by atoms with Gasteiger partial charge in [-0.2, -0.15) is 0 Å². The molecule has 0 radical (unpaired) electrons. The molecular formula is C19H30N4O4. The molecule has 1 aromatic rings. The van der Waals surface area contributed by atoms with Gasteiger partial charge in [-0.15, -0.1) is 0 Å². The predicted molar refractivity (Wildman–Crippen MR) is 105 cm³/mol. The molecule has 0 aliphatic rings. The Labute approximate surface area is 160 Å². The summed E-state index contributed by atoms with van der Waals surface area (Å²) in [5.41, 5.74) is 0.568. The van der Waals surface area contributed by atoms with Crippen LogP contribution in [0.2, 0.25) is 0 Å². The molecule has 8 nitrogen and oxygen atoms in total. The molecule has 1 aromatic carbocycles. The summed E-state index contributed by atoms with van der Waals surface area (Å²) in [5, 5.41) is 7.74. The van der Waals surface area contributed by atoms with Crippen LogP contribution in [0.15, 0.2) is 24.3 Å². The fraction of sp³-hybridized carbons (Fsp3) is 0.526. The minimum atomic E-state index is -0.524. The third-order valence-electron chi connectivity index (χ3n) is 3.90. The number of ether oxygens (including phenoxy) is 1. The number of para-hydroxylation sites is 2. The standard InChI is InChI=1S/C19H30N4O4/c1-5-11-23(13-18(25)22-19(26)20-14(3)6-2)12-17(24)21-15-9-7-8-10-16(15)27-4/h7-10,14H,5-6,11-13H2,1-4H3,(H,21,24)(H2,20,22,25,26)/t14-/m0/s1. The van der Waals surface area contributed by atoms with Gasteiger partial charge in [0.2, 0.25) is 11.8 Å². The minimum absolute atomic E-state index is 0.0174. The molecule has 0 unspecified atom stereocenters. The number of amides is 4. The first-order valence-corrected chi connectivity index (χ1v) is 9.15. The van der Waals surface area contributed by atoms with E-state index in [-0.39, 0.29) is 25.0 Å². The Hall–Kier alpha value is -2.61. The van der Waals surface area contributed by atoms with E-state index < -0.39 is 11.9 Å². The topological polar surface area (TPSA) is 99.8 Å². The molecule has 0 fully saturated rings. The Balaban J connectivity index is 2.58. The normalized spacial score (nSPS) is 11.6. The molecular weight excluding hydrogens is 348 g/mol. The van der Waals surface area contributed by atoms with Gasteiger partial charge in [0.05, 0.1) is 25.9 Å².